The van der Waals surface area contributed by atoms with Crippen molar-refractivity contribution in [1.82, 2.24) is 14.0 Å². The third-order valence-electron chi connectivity index (χ3n) is 3.98. The van der Waals surface area contributed by atoms with Gasteiger partial charge in [-0.2, -0.15) is 35.1 Å². The molecule has 1 aromatic carbocycles. The molecule has 0 bridgehead atoms. The van der Waals surface area contributed by atoms with E-state index in [2.05, 4.69) is 4.98 Å². The second kappa shape index (κ2) is 7.30. The van der Waals surface area contributed by atoms with Crippen molar-refractivity contribution in [3.05, 3.63) is 51.2 Å². The summed E-state index contributed by atoms with van der Waals surface area (Å²) in [4.78, 5) is 26.6. The molecule has 164 valence electrons. The lowest BCUT2D eigenvalue weighted by atomic mass is 10.1. The summed E-state index contributed by atoms with van der Waals surface area (Å²) in [6.45, 7) is 0. The number of quaternary nitrogens is 1. The predicted octanol–water partition coefficient (Wildman–Crippen LogP) is 4.28. The largest absolute Gasteiger partial charge is 0.459 e. The third-order valence-corrected chi connectivity index (χ3v) is 4.27. The van der Waals surface area contributed by atoms with Crippen LogP contribution >= 0.6 is 11.6 Å². The highest BCUT2D eigenvalue weighted by molar-refractivity contribution is 6.33. The van der Waals surface area contributed by atoms with Crippen molar-refractivity contribution in [3.63, 3.8) is 0 Å². The average molecular weight is 465 g/mol. The van der Waals surface area contributed by atoms with Crippen molar-refractivity contribution in [3.8, 4) is 5.69 Å². The fourth-order valence-electron chi connectivity index (χ4n) is 2.37. The zero-order valence-corrected chi connectivity index (χ0v) is 15.7. The van der Waals surface area contributed by atoms with Crippen LogP contribution in [0.15, 0.2) is 29.3 Å². The Morgan fingerprint density at radius 1 is 1.03 bits per heavy atom. The molecule has 30 heavy (non-hydrogen) atoms. The number of rotatable bonds is 4. The van der Waals surface area contributed by atoms with E-state index in [1.807, 2.05) is 0 Å². The molecule has 1 aromatic heterocycles. The molecule has 0 fully saturated rings. The number of amides is 1. The summed E-state index contributed by atoms with van der Waals surface area (Å²) in [5, 5.41) is -0.716. The van der Waals surface area contributed by atoms with Gasteiger partial charge >= 0.3 is 24.7 Å². The van der Waals surface area contributed by atoms with Crippen LogP contribution in [0.3, 0.4) is 0 Å². The van der Waals surface area contributed by atoms with E-state index >= 15 is 0 Å². The van der Waals surface area contributed by atoms with E-state index in [0.717, 1.165) is 14.1 Å². The Bertz CT molecular complexity index is 1040. The molecule has 0 atom stereocenters. The zero-order chi connectivity index (χ0) is 23.3. The molecule has 0 aliphatic rings. The first-order valence-corrected chi connectivity index (χ1v) is 8.06. The van der Waals surface area contributed by atoms with Crippen LogP contribution in [0.4, 0.5) is 40.8 Å². The van der Waals surface area contributed by atoms with Crippen molar-refractivity contribution in [2.75, 3.05) is 14.1 Å². The number of benzene rings is 1. The first-order valence-electron chi connectivity index (χ1n) is 7.69. The Morgan fingerprint density at radius 3 is 2.03 bits per heavy atom. The second-order valence-electron chi connectivity index (χ2n) is 6.52. The Morgan fingerprint density at radius 2 is 1.60 bits per heavy atom. The van der Waals surface area contributed by atoms with Crippen LogP contribution < -0.4 is 10.0 Å². The Hall–Kier alpha value is -2.54. The summed E-state index contributed by atoms with van der Waals surface area (Å²) in [7, 11) is 2.26. The number of hydrogen-bond donors (Lipinski definition) is 0. The number of nitrogens with zero attached hydrogens (tertiary/aromatic N) is 3. The lowest BCUT2D eigenvalue weighted by Gasteiger charge is -2.26. The third kappa shape index (κ3) is 4.17. The molecule has 0 aliphatic heterocycles. The minimum atomic E-state index is -6.04. The zero-order valence-electron chi connectivity index (χ0n) is 14.9. The molecule has 1 amide bonds. The first-order chi connectivity index (χ1) is 13.4. The van der Waals surface area contributed by atoms with Crippen molar-refractivity contribution >= 4 is 23.7 Å². The van der Waals surface area contributed by atoms with Gasteiger partial charge < -0.3 is 0 Å². The van der Waals surface area contributed by atoms with Crippen LogP contribution in [0.5, 0.6) is 0 Å². The van der Waals surface area contributed by atoms with Gasteiger partial charge in [0.15, 0.2) is 5.69 Å². The van der Waals surface area contributed by atoms with Gasteiger partial charge in [-0.05, 0) is 6.07 Å². The molecule has 0 aliphatic carbocycles. The molecule has 0 saturated heterocycles. The molecule has 0 saturated carbocycles. The van der Waals surface area contributed by atoms with Crippen molar-refractivity contribution < 1.29 is 39.9 Å². The van der Waals surface area contributed by atoms with Crippen LogP contribution in [-0.4, -0.2) is 36.2 Å². The number of hydrogen-bond acceptors (Lipinski definition) is 3. The van der Waals surface area contributed by atoms with Crippen LogP contribution in [0.25, 0.3) is 5.69 Å². The monoisotopic (exact) mass is 464 g/mol. The lowest BCUT2D eigenvalue weighted by molar-refractivity contribution is -0.291. The normalized spacial score (nSPS) is 13.4. The van der Waals surface area contributed by atoms with Gasteiger partial charge in [-0.15, -0.1) is 0 Å². The van der Waals surface area contributed by atoms with Crippen molar-refractivity contribution in [1.29, 1.82) is 0 Å². The van der Waals surface area contributed by atoms with Crippen LogP contribution in [0, 0.1) is 0 Å². The lowest BCUT2D eigenvalue weighted by Crippen LogP contribution is -2.40. The maximum absolute atomic E-state index is 13.4. The highest BCUT2D eigenvalue weighted by Gasteiger charge is 2.60. The predicted molar refractivity (Wildman–Crippen MR) is 89.5 cm³/mol. The fraction of sp³-hybridized carbons (Fsp3) is 0.312. The summed E-state index contributed by atoms with van der Waals surface area (Å²) >= 11 is 5.87. The molecule has 0 unspecified atom stereocenters. The molecule has 0 radical (unpaired) electrons. The molecule has 2 aromatic rings. The number of carbonyl (C=O) groups is 1. The summed E-state index contributed by atoms with van der Waals surface area (Å²) in [6.07, 6.45) is -10.5. The molecule has 5 nitrogen and oxygen atoms in total. The second-order valence-corrected chi connectivity index (χ2v) is 6.93. The van der Waals surface area contributed by atoms with Gasteiger partial charge in [0.2, 0.25) is 0 Å². The molecule has 2 rings (SSSR count). The minimum absolute atomic E-state index is 0.119. The first kappa shape index (κ1) is 23.7. The molecular formula is C16H11ClF8N3O2+. The maximum Gasteiger partial charge on any atom is 0.459 e. The SMILES string of the molecule is C[N+](C)(C=O)c1cc(C(F)(F)F)cc(Cl)c1-n1cnc(C(F)(F)C(F)(F)F)cc1=O. The highest BCUT2D eigenvalue weighted by Crippen LogP contribution is 2.43. The Labute approximate surface area is 167 Å². The number of aromatic nitrogens is 2. The van der Waals surface area contributed by atoms with E-state index in [9.17, 15) is 44.7 Å². The molecule has 1 heterocycles. The van der Waals surface area contributed by atoms with Gasteiger partial charge in [0.05, 0.1) is 24.7 Å². The fourth-order valence-corrected chi connectivity index (χ4v) is 2.67. The van der Waals surface area contributed by atoms with E-state index in [-0.39, 0.29) is 18.8 Å². The summed E-state index contributed by atoms with van der Waals surface area (Å²) < 4.78 is 103. The Kier molecular flexibility index (Phi) is 5.78. The number of carbonyl (C=O) groups excluding carboxylic acids is 1. The van der Waals surface area contributed by atoms with E-state index in [1.165, 1.54) is 0 Å². The topological polar surface area (TPSA) is 52.0 Å². The highest BCUT2D eigenvalue weighted by atomic mass is 35.5. The van der Waals surface area contributed by atoms with Gasteiger partial charge in [0, 0.05) is 12.1 Å². The molecule has 0 spiro atoms. The van der Waals surface area contributed by atoms with E-state index in [1.54, 1.807) is 0 Å². The van der Waals surface area contributed by atoms with Gasteiger partial charge in [-0.1, -0.05) is 11.6 Å². The summed E-state index contributed by atoms with van der Waals surface area (Å²) in [5.41, 5.74) is -5.70. The summed E-state index contributed by atoms with van der Waals surface area (Å²) in [6, 6.07) is 0.794. The molecular weight excluding hydrogens is 454 g/mol. The minimum Gasteiger partial charge on any atom is -0.269 e. The number of alkyl halides is 8. The van der Waals surface area contributed by atoms with E-state index in [0.29, 0.717) is 16.7 Å². The molecule has 14 heteroatoms. The molecule has 0 N–H and O–H groups in total. The summed E-state index contributed by atoms with van der Waals surface area (Å²) in [5.74, 6) is -5.45. The Balaban J connectivity index is 2.82. The van der Waals surface area contributed by atoms with Crippen molar-refractivity contribution in [2.45, 2.75) is 18.3 Å². The maximum atomic E-state index is 13.4. The van der Waals surface area contributed by atoms with Gasteiger partial charge in [-0.3, -0.25) is 9.36 Å². The van der Waals surface area contributed by atoms with Crippen LogP contribution in [0.2, 0.25) is 5.02 Å². The van der Waals surface area contributed by atoms with Crippen LogP contribution in [0.1, 0.15) is 11.3 Å². The van der Waals surface area contributed by atoms with Gasteiger partial charge in [0.25, 0.3) is 5.56 Å². The van der Waals surface area contributed by atoms with E-state index in [4.69, 9.17) is 11.6 Å². The standard InChI is InChI=1S/C16H11ClF8N3O2/c1-28(2,7-29)10-4-8(15(20,21)22)3-9(17)13(10)27-6-26-11(5-12(27)30)14(18,19)16(23,24)25/h3-7H,1-2H3/q+1. The van der Waals surface area contributed by atoms with Crippen molar-refractivity contribution in [2.24, 2.45) is 0 Å². The van der Waals surface area contributed by atoms with Gasteiger partial charge in [-0.25, -0.2) is 14.3 Å². The number of halogens is 9. The smallest absolute Gasteiger partial charge is 0.269 e. The van der Waals surface area contributed by atoms with E-state index < -0.39 is 56.0 Å². The van der Waals surface area contributed by atoms with Gasteiger partial charge in [0.1, 0.15) is 17.7 Å². The van der Waals surface area contributed by atoms with Crippen LogP contribution in [-0.2, 0) is 16.9 Å². The quantitative estimate of drug-likeness (QED) is 0.385. The average Bonchev–Trinajstić information content (AvgIpc) is 2.59.